The minimum absolute atomic E-state index is 0.598. The lowest BCUT2D eigenvalue weighted by atomic mass is 9.99. The average molecular weight is 237 g/mol. The van der Waals surface area contributed by atoms with Gasteiger partial charge in [-0.25, -0.2) is 0 Å². The summed E-state index contributed by atoms with van der Waals surface area (Å²) in [6.07, 6.45) is 2.08. The van der Waals surface area contributed by atoms with Gasteiger partial charge in [0, 0.05) is 11.1 Å². The van der Waals surface area contributed by atoms with E-state index in [1.54, 1.807) is 0 Å². The minimum Gasteiger partial charge on any atom is -0.300 e. The maximum absolute atomic E-state index is 8.23. The van der Waals surface area contributed by atoms with Crippen LogP contribution < -0.4 is 0 Å². The van der Waals surface area contributed by atoms with Gasteiger partial charge in [-0.15, -0.1) is 0 Å². The molecule has 1 nitrogen and oxygen atoms in total. The summed E-state index contributed by atoms with van der Waals surface area (Å²) in [5.74, 6) is 0. The van der Waals surface area contributed by atoms with Crippen molar-refractivity contribution in [1.29, 1.82) is 5.41 Å². The van der Waals surface area contributed by atoms with Crippen LogP contribution in [0.5, 0.6) is 0 Å². The Balaban J connectivity index is 2.23. The Hall–Kier alpha value is -1.89. The highest BCUT2D eigenvalue weighted by Crippen LogP contribution is 2.13. The van der Waals surface area contributed by atoms with Crippen molar-refractivity contribution in [3.05, 3.63) is 70.8 Å². The third-order valence-electron chi connectivity index (χ3n) is 3.30. The van der Waals surface area contributed by atoms with Crippen LogP contribution in [-0.2, 0) is 12.8 Å². The molecule has 0 saturated heterocycles. The first kappa shape index (κ1) is 12.6. The van der Waals surface area contributed by atoms with Gasteiger partial charge in [0.1, 0.15) is 0 Å². The molecule has 0 unspecified atom stereocenters. The third-order valence-corrected chi connectivity index (χ3v) is 3.30. The molecule has 0 aliphatic heterocycles. The first-order chi connectivity index (χ1) is 8.74. The lowest BCUT2D eigenvalue weighted by molar-refractivity contribution is 1.14. The van der Waals surface area contributed by atoms with Crippen molar-refractivity contribution in [2.24, 2.45) is 0 Å². The van der Waals surface area contributed by atoms with Crippen molar-refractivity contribution >= 4 is 5.71 Å². The SMILES string of the molecule is CCc1ccc(C(=N)c2ccc(CC)cc2)cc1. The maximum atomic E-state index is 8.23. The molecule has 2 rings (SSSR count). The number of nitrogens with one attached hydrogen (secondary N) is 1. The molecule has 0 saturated carbocycles. The first-order valence-electron chi connectivity index (χ1n) is 6.51. The first-order valence-corrected chi connectivity index (χ1v) is 6.51. The van der Waals surface area contributed by atoms with E-state index in [1.807, 2.05) is 24.3 Å². The average Bonchev–Trinajstić information content (AvgIpc) is 2.47. The normalized spacial score (nSPS) is 10.3. The van der Waals surface area contributed by atoms with E-state index in [4.69, 9.17) is 5.41 Å². The van der Waals surface area contributed by atoms with Crippen LogP contribution in [0.25, 0.3) is 0 Å². The standard InChI is InChI=1S/C17H19N/c1-3-13-5-9-15(10-6-13)17(18)16-11-7-14(4-2)8-12-16/h5-12,18H,3-4H2,1-2H3. The largest absolute Gasteiger partial charge is 0.300 e. The van der Waals surface area contributed by atoms with Crippen molar-refractivity contribution in [2.45, 2.75) is 26.7 Å². The zero-order valence-corrected chi connectivity index (χ0v) is 11.0. The Bertz CT molecular complexity index is 471. The van der Waals surface area contributed by atoms with E-state index in [2.05, 4.69) is 38.1 Å². The second-order valence-corrected chi connectivity index (χ2v) is 4.48. The van der Waals surface area contributed by atoms with Gasteiger partial charge in [0.2, 0.25) is 0 Å². The highest BCUT2D eigenvalue weighted by Gasteiger charge is 2.04. The van der Waals surface area contributed by atoms with E-state index < -0.39 is 0 Å². The number of aryl methyl sites for hydroxylation is 2. The predicted molar refractivity (Wildman–Crippen MR) is 77.6 cm³/mol. The van der Waals surface area contributed by atoms with Crippen molar-refractivity contribution in [1.82, 2.24) is 0 Å². The molecule has 0 amide bonds. The number of rotatable bonds is 4. The second-order valence-electron chi connectivity index (χ2n) is 4.48. The van der Waals surface area contributed by atoms with E-state index >= 15 is 0 Å². The molecule has 92 valence electrons. The number of benzene rings is 2. The summed E-state index contributed by atoms with van der Waals surface area (Å²) in [6.45, 7) is 4.29. The number of hydrogen-bond donors (Lipinski definition) is 1. The minimum atomic E-state index is 0.598. The fraction of sp³-hybridized carbons (Fsp3) is 0.235. The third kappa shape index (κ3) is 2.67. The smallest absolute Gasteiger partial charge is 0.0684 e. The molecule has 18 heavy (non-hydrogen) atoms. The van der Waals surface area contributed by atoms with E-state index in [0.29, 0.717) is 5.71 Å². The Morgan fingerprint density at radius 1 is 0.722 bits per heavy atom. The van der Waals surface area contributed by atoms with Crippen LogP contribution in [0.15, 0.2) is 48.5 Å². The molecule has 0 atom stereocenters. The molecule has 0 spiro atoms. The molecule has 2 aromatic carbocycles. The summed E-state index contributed by atoms with van der Waals surface area (Å²) < 4.78 is 0. The molecule has 2 aromatic rings. The monoisotopic (exact) mass is 237 g/mol. The molecule has 0 radical (unpaired) electrons. The number of hydrogen-bond acceptors (Lipinski definition) is 1. The van der Waals surface area contributed by atoms with E-state index in [0.717, 1.165) is 24.0 Å². The molecule has 0 aliphatic carbocycles. The van der Waals surface area contributed by atoms with Crippen LogP contribution in [0, 0.1) is 5.41 Å². The van der Waals surface area contributed by atoms with Crippen molar-refractivity contribution in [3.8, 4) is 0 Å². The topological polar surface area (TPSA) is 23.9 Å². The summed E-state index contributed by atoms with van der Waals surface area (Å²) >= 11 is 0. The Labute approximate surface area is 109 Å². The maximum Gasteiger partial charge on any atom is 0.0684 e. The van der Waals surface area contributed by atoms with Gasteiger partial charge in [0.25, 0.3) is 0 Å². The molecular weight excluding hydrogens is 218 g/mol. The van der Waals surface area contributed by atoms with E-state index in [1.165, 1.54) is 11.1 Å². The molecular formula is C17H19N. The summed E-state index contributed by atoms with van der Waals surface area (Å²) in [4.78, 5) is 0. The van der Waals surface area contributed by atoms with Crippen LogP contribution in [-0.4, -0.2) is 5.71 Å². The molecule has 0 fully saturated rings. The highest BCUT2D eigenvalue weighted by atomic mass is 14.4. The van der Waals surface area contributed by atoms with Gasteiger partial charge in [0.05, 0.1) is 5.71 Å². The van der Waals surface area contributed by atoms with Crippen LogP contribution in [0.4, 0.5) is 0 Å². The van der Waals surface area contributed by atoms with Crippen LogP contribution >= 0.6 is 0 Å². The second kappa shape index (κ2) is 5.63. The van der Waals surface area contributed by atoms with E-state index in [-0.39, 0.29) is 0 Å². The molecule has 0 aliphatic rings. The van der Waals surface area contributed by atoms with Gasteiger partial charge in [-0.05, 0) is 24.0 Å². The molecule has 0 bridgehead atoms. The fourth-order valence-electron chi connectivity index (χ4n) is 1.98. The van der Waals surface area contributed by atoms with Crippen molar-refractivity contribution in [3.63, 3.8) is 0 Å². The van der Waals surface area contributed by atoms with Crippen molar-refractivity contribution < 1.29 is 0 Å². The molecule has 0 aromatic heterocycles. The van der Waals surface area contributed by atoms with Crippen LogP contribution in [0.2, 0.25) is 0 Å². The van der Waals surface area contributed by atoms with Gasteiger partial charge >= 0.3 is 0 Å². The molecule has 1 N–H and O–H groups in total. The van der Waals surface area contributed by atoms with Gasteiger partial charge in [-0.1, -0.05) is 62.4 Å². The highest BCUT2D eigenvalue weighted by molar-refractivity contribution is 6.10. The zero-order chi connectivity index (χ0) is 13.0. The summed E-state index contributed by atoms with van der Waals surface area (Å²) in [5.41, 5.74) is 5.19. The zero-order valence-electron chi connectivity index (χ0n) is 11.0. The van der Waals surface area contributed by atoms with Crippen LogP contribution in [0.1, 0.15) is 36.1 Å². The summed E-state index contributed by atoms with van der Waals surface area (Å²) in [6, 6.07) is 16.6. The summed E-state index contributed by atoms with van der Waals surface area (Å²) in [5, 5.41) is 8.23. The van der Waals surface area contributed by atoms with E-state index in [9.17, 15) is 0 Å². The lowest BCUT2D eigenvalue weighted by Crippen LogP contribution is -2.01. The van der Waals surface area contributed by atoms with Crippen LogP contribution in [0.3, 0.4) is 0 Å². The lowest BCUT2D eigenvalue weighted by Gasteiger charge is -2.06. The fourth-order valence-corrected chi connectivity index (χ4v) is 1.98. The van der Waals surface area contributed by atoms with Crippen molar-refractivity contribution in [2.75, 3.05) is 0 Å². The Morgan fingerprint density at radius 2 is 1.06 bits per heavy atom. The summed E-state index contributed by atoms with van der Waals surface area (Å²) in [7, 11) is 0. The van der Waals surface area contributed by atoms with Gasteiger partial charge < -0.3 is 0 Å². The van der Waals surface area contributed by atoms with Gasteiger partial charge in [-0.2, -0.15) is 0 Å². The Kier molecular flexibility index (Phi) is 3.93. The quantitative estimate of drug-likeness (QED) is 0.770. The molecule has 1 heteroatoms. The van der Waals surface area contributed by atoms with Gasteiger partial charge in [0.15, 0.2) is 0 Å². The molecule has 0 heterocycles. The predicted octanol–water partition coefficient (Wildman–Crippen LogP) is 4.23. The Morgan fingerprint density at radius 3 is 1.33 bits per heavy atom. The van der Waals surface area contributed by atoms with Gasteiger partial charge in [-0.3, -0.25) is 5.41 Å².